The minimum absolute atomic E-state index is 0. The maximum atomic E-state index is 10.4. The first-order valence-corrected chi connectivity index (χ1v) is 28.9. The van der Waals surface area contributed by atoms with Gasteiger partial charge in [-0.1, -0.05) is 250 Å². The smallest absolute Gasteiger partial charge is 0.303 e. The van der Waals surface area contributed by atoms with Gasteiger partial charge in [0, 0.05) is 54.9 Å². The molecule has 0 bridgehead atoms. The fourth-order valence-electron chi connectivity index (χ4n) is 8.10. The summed E-state index contributed by atoms with van der Waals surface area (Å²) in [4.78, 5) is 31.1. The summed E-state index contributed by atoms with van der Waals surface area (Å²) in [5.41, 5.74) is 0. The van der Waals surface area contributed by atoms with Gasteiger partial charge in [-0.15, -0.1) is 0 Å². The Morgan fingerprint density at radius 3 is 0.522 bits per heavy atom. The van der Waals surface area contributed by atoms with Gasteiger partial charge in [-0.3, -0.25) is 14.4 Å². The molecule has 0 heterocycles. The molecular formula is C60H114LaO6. The van der Waals surface area contributed by atoms with E-state index >= 15 is 0 Å². The van der Waals surface area contributed by atoms with Crippen LogP contribution in [0.2, 0.25) is 0 Å². The SMILES string of the molecule is CCCCCCCC/C=C\CCCCCCCCCC(=O)O.CCCCCCCC/C=C\CCCCCCCCCC(=O)O.CCCCCCCC/C=C\CCCCCCCCCC(=O)O.[La]. The first-order valence-electron chi connectivity index (χ1n) is 28.9. The second kappa shape index (κ2) is 69.1. The van der Waals surface area contributed by atoms with Gasteiger partial charge in [0.05, 0.1) is 0 Å². The number of hydrogen-bond acceptors (Lipinski definition) is 3. The zero-order valence-electron chi connectivity index (χ0n) is 45.0. The second-order valence-electron chi connectivity index (χ2n) is 19.3. The fraction of sp³-hybridized carbons (Fsp3) is 0.850. The van der Waals surface area contributed by atoms with Gasteiger partial charge in [0.25, 0.3) is 0 Å². The van der Waals surface area contributed by atoms with Crippen molar-refractivity contribution in [2.75, 3.05) is 0 Å². The molecule has 0 aliphatic carbocycles. The van der Waals surface area contributed by atoms with Crippen molar-refractivity contribution in [3.63, 3.8) is 0 Å². The molecule has 0 saturated carbocycles. The predicted octanol–water partition coefficient (Wildman–Crippen LogP) is 20.7. The van der Waals surface area contributed by atoms with Gasteiger partial charge in [-0.05, 0) is 96.3 Å². The summed E-state index contributed by atoms with van der Waals surface area (Å²) < 4.78 is 0. The molecule has 393 valence electrons. The van der Waals surface area contributed by atoms with Gasteiger partial charge < -0.3 is 15.3 Å². The van der Waals surface area contributed by atoms with Crippen molar-refractivity contribution in [2.24, 2.45) is 0 Å². The van der Waals surface area contributed by atoms with Crippen molar-refractivity contribution in [1.82, 2.24) is 0 Å². The van der Waals surface area contributed by atoms with Crippen LogP contribution in [0.15, 0.2) is 36.5 Å². The Kier molecular flexibility index (Phi) is 74.6. The van der Waals surface area contributed by atoms with Gasteiger partial charge in [0.15, 0.2) is 0 Å². The molecule has 0 aliphatic heterocycles. The predicted molar refractivity (Wildman–Crippen MR) is 289 cm³/mol. The summed E-state index contributed by atoms with van der Waals surface area (Å²) >= 11 is 0. The van der Waals surface area contributed by atoms with Crippen LogP contribution in [0.1, 0.15) is 329 Å². The molecule has 1 radical (unpaired) electrons. The van der Waals surface area contributed by atoms with Gasteiger partial charge in [0.2, 0.25) is 0 Å². The standard InChI is InChI=1S/3C20H38O2.La/c3*1-2-3-4-5-6-7-8-9-10-11-12-13-14-15-16-17-18-19-20(21)22;/h3*9-10H,2-8,11-19H2,1H3,(H,21,22);/b3*10-9-;. The molecule has 0 rings (SSSR count). The van der Waals surface area contributed by atoms with Crippen molar-refractivity contribution in [3.8, 4) is 0 Å². The Balaban J connectivity index is -0.000000441. The number of unbranched alkanes of at least 4 members (excludes halogenated alkanes) is 39. The van der Waals surface area contributed by atoms with Crippen LogP contribution < -0.4 is 0 Å². The fourth-order valence-corrected chi connectivity index (χ4v) is 8.10. The average Bonchev–Trinajstić information content (AvgIpc) is 3.29. The van der Waals surface area contributed by atoms with Crippen molar-refractivity contribution in [2.45, 2.75) is 329 Å². The van der Waals surface area contributed by atoms with Crippen LogP contribution in [-0.2, 0) is 14.4 Å². The van der Waals surface area contributed by atoms with Crippen LogP contribution in [0.4, 0.5) is 0 Å². The quantitative estimate of drug-likeness (QED) is 0.0413. The Labute approximate surface area is 445 Å². The van der Waals surface area contributed by atoms with Crippen molar-refractivity contribution < 1.29 is 65.3 Å². The Morgan fingerprint density at radius 2 is 0.373 bits per heavy atom. The zero-order valence-corrected chi connectivity index (χ0v) is 48.7. The van der Waals surface area contributed by atoms with E-state index < -0.39 is 17.9 Å². The number of rotatable bonds is 51. The van der Waals surface area contributed by atoms with Crippen LogP contribution in [0.5, 0.6) is 0 Å². The van der Waals surface area contributed by atoms with Crippen molar-refractivity contribution in [3.05, 3.63) is 36.5 Å². The van der Waals surface area contributed by atoms with E-state index in [-0.39, 0.29) is 35.6 Å². The molecule has 0 saturated heterocycles. The molecule has 0 amide bonds. The topological polar surface area (TPSA) is 112 Å². The molecule has 67 heavy (non-hydrogen) atoms. The minimum Gasteiger partial charge on any atom is -0.481 e. The minimum atomic E-state index is -0.659. The summed E-state index contributed by atoms with van der Waals surface area (Å²) in [6.45, 7) is 6.80. The average molecular weight is 1070 g/mol. The summed E-state index contributed by atoms with van der Waals surface area (Å²) in [7, 11) is 0. The van der Waals surface area contributed by atoms with E-state index in [9.17, 15) is 14.4 Å². The van der Waals surface area contributed by atoms with Gasteiger partial charge >= 0.3 is 17.9 Å². The van der Waals surface area contributed by atoms with Crippen molar-refractivity contribution in [1.29, 1.82) is 0 Å². The summed E-state index contributed by atoms with van der Waals surface area (Å²) in [6.07, 6.45) is 72.5. The van der Waals surface area contributed by atoms with E-state index in [0.29, 0.717) is 19.3 Å². The molecule has 0 aromatic rings. The van der Waals surface area contributed by atoms with E-state index in [1.54, 1.807) is 0 Å². The Bertz CT molecular complexity index is 911. The molecule has 0 aliphatic rings. The molecule has 0 aromatic heterocycles. The molecule has 0 aromatic carbocycles. The van der Waals surface area contributed by atoms with Gasteiger partial charge in [-0.2, -0.15) is 0 Å². The van der Waals surface area contributed by atoms with E-state index in [1.807, 2.05) is 0 Å². The number of carboxylic acid groups (broad SMARTS) is 3. The van der Waals surface area contributed by atoms with Crippen LogP contribution in [0, 0.1) is 35.6 Å². The molecule has 0 unspecified atom stereocenters. The maximum absolute atomic E-state index is 10.4. The van der Waals surface area contributed by atoms with Crippen LogP contribution in [-0.4, -0.2) is 33.2 Å². The normalized spacial score (nSPS) is 11.1. The Hall–Kier alpha value is -1.18. The number of allylic oxidation sites excluding steroid dienone is 6. The molecular weight excluding hydrogens is 956 g/mol. The molecule has 0 fully saturated rings. The number of carbonyl (C=O) groups is 3. The van der Waals surface area contributed by atoms with Gasteiger partial charge in [0.1, 0.15) is 0 Å². The van der Waals surface area contributed by atoms with Crippen LogP contribution in [0.25, 0.3) is 0 Å². The number of hydrogen-bond donors (Lipinski definition) is 3. The Morgan fingerprint density at radius 1 is 0.239 bits per heavy atom. The molecule has 0 atom stereocenters. The third-order valence-electron chi connectivity index (χ3n) is 12.5. The third-order valence-corrected chi connectivity index (χ3v) is 12.5. The van der Waals surface area contributed by atoms with E-state index in [0.717, 1.165) is 38.5 Å². The van der Waals surface area contributed by atoms with Crippen LogP contribution >= 0.6 is 0 Å². The monoisotopic (exact) mass is 1070 g/mol. The molecule has 3 N–H and O–H groups in total. The van der Waals surface area contributed by atoms with E-state index in [2.05, 4.69) is 57.2 Å². The van der Waals surface area contributed by atoms with Gasteiger partial charge in [-0.25, -0.2) is 0 Å². The number of aliphatic carboxylic acids is 3. The molecule has 0 spiro atoms. The maximum Gasteiger partial charge on any atom is 0.303 e. The number of carboxylic acids is 3. The first kappa shape index (κ1) is 72.4. The summed E-state index contributed by atoms with van der Waals surface area (Å²) in [5.74, 6) is -1.98. The van der Waals surface area contributed by atoms with Crippen molar-refractivity contribution >= 4 is 17.9 Å². The zero-order chi connectivity index (χ0) is 48.9. The molecule has 6 nitrogen and oxygen atoms in total. The third kappa shape index (κ3) is 82.1. The van der Waals surface area contributed by atoms with E-state index in [4.69, 9.17) is 15.3 Å². The second-order valence-corrected chi connectivity index (χ2v) is 19.3. The summed E-state index contributed by atoms with van der Waals surface area (Å²) in [6, 6.07) is 0. The molecule has 7 heteroatoms. The largest absolute Gasteiger partial charge is 0.481 e. The summed E-state index contributed by atoms with van der Waals surface area (Å²) in [5, 5.41) is 25.6. The first-order chi connectivity index (χ1) is 32.3. The van der Waals surface area contributed by atoms with Crippen LogP contribution in [0.3, 0.4) is 0 Å². The van der Waals surface area contributed by atoms with E-state index in [1.165, 1.54) is 250 Å².